The van der Waals surface area contributed by atoms with Gasteiger partial charge in [0.05, 0.1) is 24.2 Å². The molecule has 0 atom stereocenters. The van der Waals surface area contributed by atoms with Crippen LogP contribution in [0.2, 0.25) is 0 Å². The number of aliphatic hydroxyl groups is 1. The van der Waals surface area contributed by atoms with Crippen LogP contribution in [-0.4, -0.2) is 20.1 Å². The Labute approximate surface area is 153 Å². The highest BCUT2D eigenvalue weighted by atomic mass is 32.1. The number of aliphatic hydroxyl groups excluding tert-OH is 1. The summed E-state index contributed by atoms with van der Waals surface area (Å²) in [4.78, 5) is 15.7. The molecule has 0 aliphatic carbocycles. The molecular weight excluding hydrogens is 352 g/mol. The van der Waals surface area contributed by atoms with E-state index < -0.39 is 0 Å². The van der Waals surface area contributed by atoms with Crippen LogP contribution in [0.3, 0.4) is 0 Å². The van der Waals surface area contributed by atoms with E-state index in [-0.39, 0.29) is 6.61 Å². The molecule has 25 heavy (non-hydrogen) atoms. The van der Waals surface area contributed by atoms with Crippen molar-refractivity contribution in [2.75, 3.05) is 5.32 Å². The van der Waals surface area contributed by atoms with Crippen molar-refractivity contribution in [1.82, 2.24) is 15.0 Å². The van der Waals surface area contributed by atoms with Crippen molar-refractivity contribution < 1.29 is 5.11 Å². The van der Waals surface area contributed by atoms with E-state index >= 15 is 0 Å². The van der Waals surface area contributed by atoms with Crippen molar-refractivity contribution >= 4 is 38.7 Å². The third-order valence-electron chi connectivity index (χ3n) is 3.73. The minimum atomic E-state index is -0.0294. The lowest BCUT2D eigenvalue weighted by Gasteiger charge is -2.05. The zero-order valence-electron chi connectivity index (χ0n) is 13.6. The second kappa shape index (κ2) is 6.87. The van der Waals surface area contributed by atoms with E-state index in [0.29, 0.717) is 12.2 Å². The van der Waals surface area contributed by atoms with E-state index in [0.717, 1.165) is 26.9 Å². The fraction of sp³-hybridized carbons (Fsp3) is 0.167. The van der Waals surface area contributed by atoms with Gasteiger partial charge in [0.25, 0.3) is 0 Å². The molecule has 0 amide bonds. The Bertz CT molecular complexity index is 1010. The fourth-order valence-electron chi connectivity index (χ4n) is 2.57. The lowest BCUT2D eigenvalue weighted by Crippen LogP contribution is -2.03. The van der Waals surface area contributed by atoms with Gasteiger partial charge in [-0.3, -0.25) is 0 Å². The first-order valence-corrected chi connectivity index (χ1v) is 9.54. The highest BCUT2D eigenvalue weighted by Gasteiger charge is 2.12. The Morgan fingerprint density at radius 3 is 2.72 bits per heavy atom. The Hall–Kier alpha value is -2.35. The average molecular weight is 368 g/mol. The summed E-state index contributed by atoms with van der Waals surface area (Å²) in [5.41, 5.74) is 1.88. The molecule has 7 heteroatoms. The van der Waals surface area contributed by atoms with Crippen LogP contribution in [0.1, 0.15) is 16.5 Å². The van der Waals surface area contributed by atoms with Gasteiger partial charge >= 0.3 is 0 Å². The molecule has 3 heterocycles. The summed E-state index contributed by atoms with van der Waals surface area (Å²) in [6.45, 7) is 2.45. The molecule has 5 nitrogen and oxygen atoms in total. The number of aryl methyl sites for hydroxylation is 1. The van der Waals surface area contributed by atoms with Crippen LogP contribution in [0, 0.1) is 6.92 Å². The Kier molecular flexibility index (Phi) is 4.44. The Morgan fingerprint density at radius 1 is 1.12 bits per heavy atom. The third-order valence-corrected chi connectivity index (χ3v) is 5.71. The van der Waals surface area contributed by atoms with Crippen LogP contribution in [-0.2, 0) is 13.2 Å². The van der Waals surface area contributed by atoms with Gasteiger partial charge in [-0.1, -0.05) is 30.3 Å². The predicted octanol–water partition coefficient (Wildman–Crippen LogP) is 4.23. The summed E-state index contributed by atoms with van der Waals surface area (Å²) in [5, 5.41) is 16.3. The molecule has 0 bridgehead atoms. The molecule has 0 aliphatic rings. The lowest BCUT2D eigenvalue weighted by atomic mass is 10.2. The van der Waals surface area contributed by atoms with Gasteiger partial charge in [-0.2, -0.15) is 0 Å². The highest BCUT2D eigenvalue weighted by Crippen LogP contribution is 2.35. The van der Waals surface area contributed by atoms with Crippen LogP contribution < -0.4 is 5.32 Å². The number of hydrogen-bond acceptors (Lipinski definition) is 7. The monoisotopic (exact) mass is 368 g/mol. The maximum absolute atomic E-state index is 9.13. The highest BCUT2D eigenvalue weighted by molar-refractivity contribution is 7.21. The number of nitrogens with one attached hydrogen (secondary N) is 1. The molecule has 2 N–H and O–H groups in total. The number of hydrogen-bond donors (Lipinski definition) is 2. The van der Waals surface area contributed by atoms with Gasteiger partial charge in [-0.05, 0) is 18.6 Å². The molecule has 0 aliphatic heterocycles. The van der Waals surface area contributed by atoms with E-state index in [2.05, 4.69) is 38.5 Å². The van der Waals surface area contributed by atoms with Gasteiger partial charge in [0.1, 0.15) is 21.5 Å². The number of anilines is 1. The van der Waals surface area contributed by atoms with E-state index in [1.807, 2.05) is 30.5 Å². The van der Waals surface area contributed by atoms with Crippen molar-refractivity contribution in [2.24, 2.45) is 0 Å². The number of nitrogens with zero attached hydrogens (tertiary/aromatic N) is 3. The lowest BCUT2D eigenvalue weighted by molar-refractivity contribution is 0.277. The van der Waals surface area contributed by atoms with Gasteiger partial charge in [-0.25, -0.2) is 15.0 Å². The van der Waals surface area contributed by atoms with E-state index in [1.54, 1.807) is 11.3 Å². The van der Waals surface area contributed by atoms with Crippen LogP contribution >= 0.6 is 22.7 Å². The SMILES string of the molecule is Cc1nc(NCc2nc(CO)cs2)c2cc(-c3ccccc3)sc2n1. The first-order chi connectivity index (χ1) is 12.2. The van der Waals surface area contributed by atoms with Crippen molar-refractivity contribution in [1.29, 1.82) is 0 Å². The summed E-state index contributed by atoms with van der Waals surface area (Å²) in [5.74, 6) is 1.56. The molecule has 1 aromatic carbocycles. The molecule has 0 saturated heterocycles. The summed E-state index contributed by atoms with van der Waals surface area (Å²) < 4.78 is 0. The van der Waals surface area contributed by atoms with Crippen molar-refractivity contribution in [3.63, 3.8) is 0 Å². The Morgan fingerprint density at radius 2 is 1.96 bits per heavy atom. The zero-order valence-corrected chi connectivity index (χ0v) is 15.2. The molecule has 126 valence electrons. The van der Waals surface area contributed by atoms with Crippen LogP contribution in [0.25, 0.3) is 20.7 Å². The standard InChI is InChI=1S/C18H16N4OS2/c1-11-20-17(19-8-16-22-13(9-23)10-24-16)14-7-15(25-18(14)21-11)12-5-3-2-4-6-12/h2-7,10,23H,8-9H2,1H3,(H,19,20,21). The van der Waals surface area contributed by atoms with Gasteiger partial charge in [-0.15, -0.1) is 22.7 Å². The quantitative estimate of drug-likeness (QED) is 0.552. The average Bonchev–Trinajstić information content (AvgIpc) is 3.27. The first-order valence-electron chi connectivity index (χ1n) is 7.84. The number of rotatable bonds is 5. The fourth-order valence-corrected chi connectivity index (χ4v) is 4.38. The number of fused-ring (bicyclic) bond motifs is 1. The minimum Gasteiger partial charge on any atom is -0.390 e. The van der Waals surface area contributed by atoms with Crippen LogP contribution in [0.5, 0.6) is 0 Å². The molecule has 0 spiro atoms. The molecule has 0 unspecified atom stereocenters. The van der Waals surface area contributed by atoms with Gasteiger partial charge < -0.3 is 10.4 Å². The van der Waals surface area contributed by atoms with Crippen molar-refractivity contribution in [3.05, 3.63) is 58.3 Å². The molecule has 4 rings (SSSR count). The summed E-state index contributed by atoms with van der Waals surface area (Å²) in [6, 6.07) is 12.4. The first kappa shape index (κ1) is 16.1. The number of thiophene rings is 1. The summed E-state index contributed by atoms with van der Waals surface area (Å²) in [6.07, 6.45) is 0. The summed E-state index contributed by atoms with van der Waals surface area (Å²) >= 11 is 3.20. The molecule has 4 aromatic rings. The molecule has 0 saturated carbocycles. The topological polar surface area (TPSA) is 70.9 Å². The third kappa shape index (κ3) is 3.39. The zero-order chi connectivity index (χ0) is 17.2. The molecule has 0 radical (unpaired) electrons. The normalized spacial score (nSPS) is 11.1. The van der Waals surface area contributed by atoms with Gasteiger partial charge in [0, 0.05) is 10.3 Å². The second-order valence-electron chi connectivity index (χ2n) is 5.56. The minimum absolute atomic E-state index is 0.0294. The van der Waals surface area contributed by atoms with Gasteiger partial charge in [0.2, 0.25) is 0 Å². The van der Waals surface area contributed by atoms with E-state index in [4.69, 9.17) is 5.11 Å². The van der Waals surface area contributed by atoms with Crippen molar-refractivity contribution in [3.8, 4) is 10.4 Å². The Balaban J connectivity index is 1.66. The predicted molar refractivity (Wildman–Crippen MR) is 103 cm³/mol. The van der Waals surface area contributed by atoms with Crippen LogP contribution in [0.15, 0.2) is 41.8 Å². The molecular formula is C18H16N4OS2. The maximum Gasteiger partial charge on any atom is 0.138 e. The number of aromatic nitrogens is 3. The van der Waals surface area contributed by atoms with Crippen molar-refractivity contribution in [2.45, 2.75) is 20.1 Å². The summed E-state index contributed by atoms with van der Waals surface area (Å²) in [7, 11) is 0. The molecule has 0 fully saturated rings. The maximum atomic E-state index is 9.13. The smallest absolute Gasteiger partial charge is 0.138 e. The van der Waals surface area contributed by atoms with E-state index in [9.17, 15) is 0 Å². The number of benzene rings is 1. The largest absolute Gasteiger partial charge is 0.390 e. The van der Waals surface area contributed by atoms with E-state index in [1.165, 1.54) is 21.8 Å². The van der Waals surface area contributed by atoms with Crippen LogP contribution in [0.4, 0.5) is 5.82 Å². The molecule has 3 aromatic heterocycles. The second-order valence-corrected chi connectivity index (χ2v) is 7.53. The van der Waals surface area contributed by atoms with Gasteiger partial charge in [0.15, 0.2) is 0 Å². The number of thiazole rings is 1.